The van der Waals surface area contributed by atoms with E-state index in [-0.39, 0.29) is 11.3 Å². The van der Waals surface area contributed by atoms with Crippen LogP contribution in [0.1, 0.15) is 5.56 Å². The van der Waals surface area contributed by atoms with Gasteiger partial charge in [-0.05, 0) is 6.07 Å². The van der Waals surface area contributed by atoms with Crippen LogP contribution in [0.5, 0.6) is 5.75 Å². The fourth-order valence-electron chi connectivity index (χ4n) is 1.23. The Morgan fingerprint density at radius 3 is 2.53 bits per heavy atom. The molecular weight excluding hydrogens is 256 g/mol. The van der Waals surface area contributed by atoms with Gasteiger partial charge in [0.1, 0.15) is 5.82 Å². The maximum Gasteiger partial charge on any atom is 0.330 e. The minimum Gasteiger partial charge on any atom is -0.490 e. The first-order valence-electron chi connectivity index (χ1n) is 4.30. The standard InChI is InChI=1S/C8H9FNO6P/c1-16-8-2-5(4-17(13,14)15)6(9)3-7(8)10(11)12/h2-3H,4H2,1H3,(H2,13,14,15). The average Bonchev–Trinajstić information content (AvgIpc) is 2.18. The lowest BCUT2D eigenvalue weighted by molar-refractivity contribution is -0.386. The molecule has 0 heterocycles. The van der Waals surface area contributed by atoms with Crippen LogP contribution in [-0.2, 0) is 10.7 Å². The monoisotopic (exact) mass is 265 g/mol. The zero-order chi connectivity index (χ0) is 13.2. The normalized spacial score (nSPS) is 11.3. The number of benzene rings is 1. The van der Waals surface area contributed by atoms with Crippen molar-refractivity contribution in [1.29, 1.82) is 0 Å². The summed E-state index contributed by atoms with van der Waals surface area (Å²) in [6.45, 7) is 0. The van der Waals surface area contributed by atoms with Gasteiger partial charge in [0.15, 0.2) is 5.75 Å². The number of hydrogen-bond donors (Lipinski definition) is 2. The van der Waals surface area contributed by atoms with Gasteiger partial charge in [-0.15, -0.1) is 0 Å². The van der Waals surface area contributed by atoms with Crippen LogP contribution in [0.2, 0.25) is 0 Å². The zero-order valence-corrected chi connectivity index (χ0v) is 9.56. The summed E-state index contributed by atoms with van der Waals surface area (Å²) >= 11 is 0. The second-order valence-electron chi connectivity index (χ2n) is 3.20. The molecule has 7 nitrogen and oxygen atoms in total. The highest BCUT2D eigenvalue weighted by molar-refractivity contribution is 7.50. The van der Waals surface area contributed by atoms with E-state index in [1.807, 2.05) is 0 Å². The Kier molecular flexibility index (Phi) is 3.82. The summed E-state index contributed by atoms with van der Waals surface area (Å²) < 4.78 is 28.7. The van der Waals surface area contributed by atoms with Crippen LogP contribution in [0.25, 0.3) is 0 Å². The van der Waals surface area contributed by atoms with Gasteiger partial charge in [-0.3, -0.25) is 14.7 Å². The molecule has 0 atom stereocenters. The summed E-state index contributed by atoms with van der Waals surface area (Å²) in [5.74, 6) is -1.30. The number of nitro benzene ring substituents is 1. The summed E-state index contributed by atoms with van der Waals surface area (Å²) in [7, 11) is -3.31. The molecule has 0 aliphatic rings. The van der Waals surface area contributed by atoms with Crippen LogP contribution in [-0.4, -0.2) is 21.8 Å². The first kappa shape index (κ1) is 13.6. The molecule has 9 heteroatoms. The van der Waals surface area contributed by atoms with Crippen molar-refractivity contribution in [1.82, 2.24) is 0 Å². The molecular formula is C8H9FNO6P. The number of halogens is 1. The number of nitrogens with zero attached hydrogens (tertiary/aromatic N) is 1. The van der Waals surface area contributed by atoms with Crippen LogP contribution < -0.4 is 4.74 Å². The molecule has 0 fully saturated rings. The average molecular weight is 265 g/mol. The molecule has 1 rings (SSSR count). The first-order chi connectivity index (χ1) is 7.74. The Morgan fingerprint density at radius 2 is 2.12 bits per heavy atom. The highest BCUT2D eigenvalue weighted by Gasteiger charge is 2.23. The minimum atomic E-state index is -4.45. The van der Waals surface area contributed by atoms with E-state index >= 15 is 0 Å². The van der Waals surface area contributed by atoms with E-state index in [0.29, 0.717) is 6.07 Å². The lowest BCUT2D eigenvalue weighted by atomic mass is 10.2. The van der Waals surface area contributed by atoms with Gasteiger partial charge in [0.25, 0.3) is 0 Å². The molecule has 2 N–H and O–H groups in total. The SMILES string of the molecule is COc1cc(CP(=O)(O)O)c(F)cc1[N+](=O)[O-]. The fraction of sp³-hybridized carbons (Fsp3) is 0.250. The summed E-state index contributed by atoms with van der Waals surface area (Å²) in [6, 6.07) is 1.48. The fourth-order valence-corrected chi connectivity index (χ4v) is 1.92. The van der Waals surface area contributed by atoms with E-state index in [1.54, 1.807) is 0 Å². The number of nitro groups is 1. The van der Waals surface area contributed by atoms with Gasteiger partial charge in [-0.1, -0.05) is 0 Å². The minimum absolute atomic E-state index is 0.250. The molecule has 17 heavy (non-hydrogen) atoms. The Hall–Kier alpha value is -1.50. The topological polar surface area (TPSA) is 110 Å². The molecule has 0 radical (unpaired) electrons. The third-order valence-corrected chi connectivity index (χ3v) is 2.67. The van der Waals surface area contributed by atoms with Crippen molar-refractivity contribution in [2.75, 3.05) is 7.11 Å². The summed E-state index contributed by atoms with van der Waals surface area (Å²) in [5.41, 5.74) is -0.930. The van der Waals surface area contributed by atoms with Crippen molar-refractivity contribution in [3.05, 3.63) is 33.6 Å². The van der Waals surface area contributed by atoms with Crippen molar-refractivity contribution in [2.45, 2.75) is 6.16 Å². The predicted octanol–water partition coefficient (Wildman–Crippen LogP) is 1.42. The highest BCUT2D eigenvalue weighted by Crippen LogP contribution is 2.41. The molecule has 0 aromatic heterocycles. The van der Waals surface area contributed by atoms with E-state index in [1.165, 1.54) is 0 Å². The summed E-state index contributed by atoms with van der Waals surface area (Å²) in [6.07, 6.45) is -0.840. The van der Waals surface area contributed by atoms with Crippen molar-refractivity contribution in [3.63, 3.8) is 0 Å². The largest absolute Gasteiger partial charge is 0.490 e. The third-order valence-electron chi connectivity index (χ3n) is 1.92. The van der Waals surface area contributed by atoms with E-state index in [9.17, 15) is 19.1 Å². The Balaban J connectivity index is 3.27. The Labute approximate surface area is 95.1 Å². The van der Waals surface area contributed by atoms with Gasteiger partial charge in [0.05, 0.1) is 24.3 Å². The number of methoxy groups -OCH3 is 1. The van der Waals surface area contributed by atoms with Crippen LogP contribution in [0, 0.1) is 15.9 Å². The lowest BCUT2D eigenvalue weighted by Crippen LogP contribution is -1.99. The van der Waals surface area contributed by atoms with Crippen LogP contribution >= 0.6 is 7.60 Å². The van der Waals surface area contributed by atoms with E-state index in [0.717, 1.165) is 13.2 Å². The quantitative estimate of drug-likeness (QED) is 0.484. The predicted molar refractivity (Wildman–Crippen MR) is 55.4 cm³/mol. The number of ether oxygens (including phenoxy) is 1. The summed E-state index contributed by atoms with van der Waals surface area (Å²) in [5, 5.41) is 10.5. The molecule has 0 saturated heterocycles. The van der Waals surface area contributed by atoms with Crippen molar-refractivity contribution in [3.8, 4) is 5.75 Å². The van der Waals surface area contributed by atoms with Crippen molar-refractivity contribution in [2.24, 2.45) is 0 Å². The van der Waals surface area contributed by atoms with Crippen LogP contribution in [0.4, 0.5) is 10.1 Å². The number of rotatable bonds is 4. The Morgan fingerprint density at radius 1 is 1.53 bits per heavy atom. The van der Waals surface area contributed by atoms with E-state index in [4.69, 9.17) is 9.79 Å². The van der Waals surface area contributed by atoms with Gasteiger partial charge in [-0.25, -0.2) is 4.39 Å². The van der Waals surface area contributed by atoms with Crippen molar-refractivity contribution >= 4 is 13.3 Å². The van der Waals surface area contributed by atoms with E-state index < -0.39 is 30.2 Å². The van der Waals surface area contributed by atoms with Crippen LogP contribution in [0.3, 0.4) is 0 Å². The van der Waals surface area contributed by atoms with Gasteiger partial charge in [-0.2, -0.15) is 0 Å². The third kappa shape index (κ3) is 3.48. The summed E-state index contributed by atoms with van der Waals surface area (Å²) in [4.78, 5) is 27.1. The molecule has 0 unspecified atom stereocenters. The smallest absolute Gasteiger partial charge is 0.330 e. The highest BCUT2D eigenvalue weighted by atomic mass is 31.2. The molecule has 0 amide bonds. The molecule has 0 aliphatic carbocycles. The maximum atomic E-state index is 13.4. The van der Waals surface area contributed by atoms with Gasteiger partial charge >= 0.3 is 13.3 Å². The van der Waals surface area contributed by atoms with E-state index in [2.05, 4.69) is 4.74 Å². The molecule has 0 spiro atoms. The van der Waals surface area contributed by atoms with Gasteiger partial charge in [0.2, 0.25) is 0 Å². The molecule has 1 aromatic carbocycles. The van der Waals surface area contributed by atoms with Crippen LogP contribution in [0.15, 0.2) is 12.1 Å². The maximum absolute atomic E-state index is 13.4. The lowest BCUT2D eigenvalue weighted by Gasteiger charge is -2.08. The Bertz CT molecular complexity index is 499. The van der Waals surface area contributed by atoms with Gasteiger partial charge in [0, 0.05) is 5.56 Å². The van der Waals surface area contributed by atoms with Crippen molar-refractivity contribution < 1.29 is 28.4 Å². The molecule has 0 saturated carbocycles. The second-order valence-corrected chi connectivity index (χ2v) is 4.84. The molecule has 94 valence electrons. The molecule has 1 aromatic rings. The first-order valence-corrected chi connectivity index (χ1v) is 6.09. The second kappa shape index (κ2) is 4.79. The number of hydrogen-bond acceptors (Lipinski definition) is 4. The molecule has 0 aliphatic heterocycles. The van der Waals surface area contributed by atoms with Gasteiger partial charge < -0.3 is 14.5 Å². The zero-order valence-electron chi connectivity index (χ0n) is 8.66. The molecule has 0 bridgehead atoms.